The maximum atomic E-state index is 13.9. The average molecular weight is 548 g/mol. The third-order valence-corrected chi connectivity index (χ3v) is 6.95. The van der Waals surface area contributed by atoms with Gasteiger partial charge < -0.3 is 10.2 Å². The first kappa shape index (κ1) is 27.3. The number of hydrogen-bond acceptors (Lipinski definition) is 6. The summed E-state index contributed by atoms with van der Waals surface area (Å²) in [6, 6.07) is 7.38. The molecule has 1 saturated heterocycles. The van der Waals surface area contributed by atoms with E-state index in [-0.39, 0.29) is 23.4 Å². The Balaban J connectivity index is 1.34. The predicted octanol–water partition coefficient (Wildman–Crippen LogP) is 4.39. The van der Waals surface area contributed by atoms with Gasteiger partial charge in [-0.2, -0.15) is 18.3 Å². The number of aromatic amines is 1. The molecule has 0 unspecified atom stereocenters. The summed E-state index contributed by atoms with van der Waals surface area (Å²) in [5, 5.41) is 10.4. The number of carbonyl (C=O) groups is 1. The highest BCUT2D eigenvalue weighted by atomic mass is 19.4. The normalized spacial score (nSPS) is 14.7. The molecule has 0 atom stereocenters. The van der Waals surface area contributed by atoms with E-state index in [1.807, 2.05) is 24.9 Å². The lowest BCUT2D eigenvalue weighted by Gasteiger charge is -2.33. The van der Waals surface area contributed by atoms with E-state index in [1.165, 1.54) is 18.3 Å². The molecule has 1 aromatic carbocycles. The van der Waals surface area contributed by atoms with Gasteiger partial charge in [0.1, 0.15) is 0 Å². The maximum Gasteiger partial charge on any atom is 0.416 e. The van der Waals surface area contributed by atoms with E-state index in [1.54, 1.807) is 19.2 Å². The van der Waals surface area contributed by atoms with E-state index < -0.39 is 17.6 Å². The second-order valence-corrected chi connectivity index (χ2v) is 9.95. The number of benzene rings is 1. The first-order valence-corrected chi connectivity index (χ1v) is 12.8. The molecule has 0 bridgehead atoms. The molecule has 0 radical (unpaired) electrons. The number of alkyl halides is 3. The fraction of sp³-hybridized carbons (Fsp3) is 0.310. The van der Waals surface area contributed by atoms with Crippen molar-refractivity contribution in [3.05, 3.63) is 81.9 Å². The number of nitrogens with zero attached hydrogens (tertiary/aromatic N) is 5. The predicted molar refractivity (Wildman–Crippen MR) is 146 cm³/mol. The van der Waals surface area contributed by atoms with Crippen LogP contribution >= 0.6 is 0 Å². The molecule has 3 aromatic heterocycles. The molecule has 1 fully saturated rings. The topological polar surface area (TPSA) is 90.0 Å². The highest BCUT2D eigenvalue weighted by molar-refractivity contribution is 6.04. The molecule has 40 heavy (non-hydrogen) atoms. The van der Waals surface area contributed by atoms with Crippen LogP contribution in [0, 0.1) is 25.7 Å². The molecule has 1 aliphatic rings. The fourth-order valence-corrected chi connectivity index (χ4v) is 4.52. The number of nitrogens with one attached hydrogen (secondary N) is 2. The Hall–Kier alpha value is -4.27. The van der Waals surface area contributed by atoms with Crippen molar-refractivity contribution < 1.29 is 18.0 Å². The van der Waals surface area contributed by atoms with Gasteiger partial charge in [0.15, 0.2) is 5.65 Å². The lowest BCUT2D eigenvalue weighted by Crippen LogP contribution is -2.44. The van der Waals surface area contributed by atoms with Crippen LogP contribution < -0.4 is 5.32 Å². The van der Waals surface area contributed by atoms with Gasteiger partial charge in [0.05, 0.1) is 16.8 Å². The van der Waals surface area contributed by atoms with Crippen molar-refractivity contribution in [2.24, 2.45) is 0 Å². The number of rotatable bonds is 4. The molecule has 0 spiro atoms. The first-order valence-electron chi connectivity index (χ1n) is 12.8. The smallest absolute Gasteiger partial charge is 0.322 e. The largest absolute Gasteiger partial charge is 0.416 e. The molecular formula is C29H28F3N7O. The van der Waals surface area contributed by atoms with Crippen LogP contribution in [0.25, 0.3) is 11.0 Å². The number of aryl methyl sites for hydroxylation is 2. The number of likely N-dealkylation sites (N-methyl/N-ethyl adjacent to an activating group) is 1. The zero-order valence-corrected chi connectivity index (χ0v) is 22.4. The minimum absolute atomic E-state index is 0.0579. The number of carbonyl (C=O) groups excluding carboxylic acids is 1. The number of halogens is 3. The van der Waals surface area contributed by atoms with Crippen molar-refractivity contribution in [3.8, 4) is 11.8 Å². The Bertz CT molecular complexity index is 1630. The molecule has 2 N–H and O–H groups in total. The fourth-order valence-electron chi connectivity index (χ4n) is 4.52. The van der Waals surface area contributed by atoms with Crippen LogP contribution in [0.1, 0.15) is 44.0 Å². The van der Waals surface area contributed by atoms with Gasteiger partial charge in [-0.1, -0.05) is 17.9 Å². The first-order chi connectivity index (χ1) is 19.1. The molecule has 0 saturated carbocycles. The summed E-state index contributed by atoms with van der Waals surface area (Å²) in [7, 11) is 2.00. The van der Waals surface area contributed by atoms with Gasteiger partial charge in [-0.05, 0) is 50.7 Å². The number of pyridine rings is 2. The SMILES string of the molecule is Cc1ncc(C(=O)Nc2ccc(CN3CCN(C)CC3)c(C(F)(F)F)c2)cc1C#Cc1cnc2n[nH]c(C)c2c1. The Kier molecular flexibility index (Phi) is 7.56. The molecule has 5 rings (SSSR count). The molecule has 11 heteroatoms. The van der Waals surface area contributed by atoms with E-state index in [0.29, 0.717) is 35.6 Å². The van der Waals surface area contributed by atoms with Gasteiger partial charge >= 0.3 is 6.18 Å². The van der Waals surface area contributed by atoms with Crippen molar-refractivity contribution in [1.82, 2.24) is 30.0 Å². The van der Waals surface area contributed by atoms with Crippen LogP contribution in [0.5, 0.6) is 0 Å². The van der Waals surface area contributed by atoms with Crippen molar-refractivity contribution in [3.63, 3.8) is 0 Å². The molecule has 1 amide bonds. The van der Waals surface area contributed by atoms with Crippen molar-refractivity contribution >= 4 is 22.6 Å². The Labute approximate surface area is 229 Å². The van der Waals surface area contributed by atoms with E-state index in [4.69, 9.17) is 0 Å². The highest BCUT2D eigenvalue weighted by Gasteiger charge is 2.34. The number of H-pyrrole nitrogens is 1. The molecule has 206 valence electrons. The number of anilines is 1. The Morgan fingerprint density at radius 1 is 1.05 bits per heavy atom. The zero-order valence-electron chi connectivity index (χ0n) is 22.4. The lowest BCUT2D eigenvalue weighted by atomic mass is 10.0. The van der Waals surface area contributed by atoms with Crippen LogP contribution in [0.2, 0.25) is 0 Å². The molecular weight excluding hydrogens is 519 g/mol. The second kappa shape index (κ2) is 11.1. The monoisotopic (exact) mass is 547 g/mol. The van der Waals surface area contributed by atoms with Gasteiger partial charge in [0.2, 0.25) is 0 Å². The molecule has 8 nitrogen and oxygen atoms in total. The van der Waals surface area contributed by atoms with E-state index in [9.17, 15) is 18.0 Å². The quantitative estimate of drug-likeness (QED) is 0.369. The minimum atomic E-state index is -4.55. The van der Waals surface area contributed by atoms with Gasteiger partial charge in [-0.15, -0.1) is 0 Å². The summed E-state index contributed by atoms with van der Waals surface area (Å²) in [6.07, 6.45) is -1.56. The van der Waals surface area contributed by atoms with Gasteiger partial charge in [-0.3, -0.25) is 19.8 Å². The molecule has 1 aliphatic heterocycles. The molecule has 4 heterocycles. The highest BCUT2D eigenvalue weighted by Crippen LogP contribution is 2.34. The maximum absolute atomic E-state index is 13.9. The minimum Gasteiger partial charge on any atom is -0.322 e. The standard InChI is InChI=1S/C29H28F3N7O/c1-18-21(5-4-20-12-25-19(2)36-37-27(25)34-15-20)13-23(16-33-18)28(40)35-24-7-6-22(26(14-24)29(30,31)32)17-39-10-8-38(3)9-11-39/h6-7,12-16H,8-11,17H2,1-3H3,(H,35,40)(H,34,36,37). The molecule has 4 aromatic rings. The third-order valence-electron chi connectivity index (χ3n) is 6.95. The lowest BCUT2D eigenvalue weighted by molar-refractivity contribution is -0.138. The summed E-state index contributed by atoms with van der Waals surface area (Å²) in [6.45, 7) is 6.87. The van der Waals surface area contributed by atoms with Crippen LogP contribution in [-0.2, 0) is 12.7 Å². The van der Waals surface area contributed by atoms with E-state index in [2.05, 4.69) is 42.2 Å². The number of fused-ring (bicyclic) bond motifs is 1. The van der Waals surface area contributed by atoms with Gasteiger partial charge in [0, 0.05) is 73.0 Å². The summed E-state index contributed by atoms with van der Waals surface area (Å²) < 4.78 is 41.8. The summed E-state index contributed by atoms with van der Waals surface area (Å²) in [5.41, 5.74) is 2.96. The van der Waals surface area contributed by atoms with Crippen molar-refractivity contribution in [2.75, 3.05) is 38.5 Å². The zero-order chi connectivity index (χ0) is 28.4. The summed E-state index contributed by atoms with van der Waals surface area (Å²) in [4.78, 5) is 25.7. The third kappa shape index (κ3) is 6.14. The van der Waals surface area contributed by atoms with E-state index >= 15 is 0 Å². The van der Waals surface area contributed by atoms with Crippen LogP contribution in [0.15, 0.2) is 42.7 Å². The number of hydrogen-bond donors (Lipinski definition) is 2. The van der Waals surface area contributed by atoms with Gasteiger partial charge in [0.25, 0.3) is 5.91 Å². The number of aromatic nitrogens is 4. The van der Waals surface area contributed by atoms with Gasteiger partial charge in [-0.25, -0.2) is 4.98 Å². The Morgan fingerprint density at radius 3 is 2.58 bits per heavy atom. The Morgan fingerprint density at radius 2 is 1.82 bits per heavy atom. The van der Waals surface area contributed by atoms with Crippen molar-refractivity contribution in [2.45, 2.75) is 26.6 Å². The van der Waals surface area contributed by atoms with Crippen LogP contribution in [0.4, 0.5) is 18.9 Å². The number of amides is 1. The van der Waals surface area contributed by atoms with Crippen LogP contribution in [0.3, 0.4) is 0 Å². The average Bonchev–Trinajstić information content (AvgIpc) is 3.29. The van der Waals surface area contributed by atoms with E-state index in [0.717, 1.165) is 30.2 Å². The summed E-state index contributed by atoms with van der Waals surface area (Å²) >= 11 is 0. The molecule has 0 aliphatic carbocycles. The van der Waals surface area contributed by atoms with Crippen LogP contribution in [-0.4, -0.2) is 69.1 Å². The number of piperazine rings is 1. The van der Waals surface area contributed by atoms with Crippen molar-refractivity contribution in [1.29, 1.82) is 0 Å². The second-order valence-electron chi connectivity index (χ2n) is 9.95. The summed E-state index contributed by atoms with van der Waals surface area (Å²) in [5.74, 6) is 5.48.